The summed E-state index contributed by atoms with van der Waals surface area (Å²) in [5.41, 5.74) is 1.92. The Balaban J connectivity index is 1.84. The molecule has 3 rings (SSSR count). The first-order valence-corrected chi connectivity index (χ1v) is 10.3. The second-order valence-corrected chi connectivity index (χ2v) is 8.10. The monoisotopic (exact) mass is 421 g/mol. The standard InChI is InChI=1S/C19H21Cl2N5S/c1-25(2)11-4-12-26-18(14-7-9-22-10-8-14)23-24-19(26)27-13-15-16(20)5-3-6-17(15)21/h3,5-10H,4,11-13H2,1-2H3. The van der Waals surface area contributed by atoms with Crippen LogP contribution in [-0.2, 0) is 12.3 Å². The van der Waals surface area contributed by atoms with Crippen LogP contribution < -0.4 is 0 Å². The zero-order chi connectivity index (χ0) is 19.2. The molecule has 0 atom stereocenters. The summed E-state index contributed by atoms with van der Waals surface area (Å²) in [6.07, 6.45) is 4.54. The van der Waals surface area contributed by atoms with Gasteiger partial charge in [-0.15, -0.1) is 10.2 Å². The van der Waals surface area contributed by atoms with Crippen LogP contribution in [-0.4, -0.2) is 45.3 Å². The van der Waals surface area contributed by atoms with Gasteiger partial charge in [-0.25, -0.2) is 0 Å². The molecule has 1 aromatic carbocycles. The van der Waals surface area contributed by atoms with Gasteiger partial charge in [-0.3, -0.25) is 4.98 Å². The highest BCUT2D eigenvalue weighted by Gasteiger charge is 2.16. The smallest absolute Gasteiger partial charge is 0.191 e. The predicted molar refractivity (Wildman–Crippen MR) is 112 cm³/mol. The highest BCUT2D eigenvalue weighted by atomic mass is 35.5. The van der Waals surface area contributed by atoms with Crippen LogP contribution in [0, 0.1) is 0 Å². The summed E-state index contributed by atoms with van der Waals surface area (Å²) < 4.78 is 2.16. The summed E-state index contributed by atoms with van der Waals surface area (Å²) in [5, 5.41) is 11.0. The van der Waals surface area contributed by atoms with E-state index < -0.39 is 0 Å². The first-order valence-electron chi connectivity index (χ1n) is 8.60. The maximum absolute atomic E-state index is 6.30. The molecule has 0 bridgehead atoms. The van der Waals surface area contributed by atoms with Crippen LogP contribution in [0.25, 0.3) is 11.4 Å². The van der Waals surface area contributed by atoms with E-state index in [1.807, 2.05) is 30.3 Å². The van der Waals surface area contributed by atoms with Gasteiger partial charge in [0.25, 0.3) is 0 Å². The Morgan fingerprint density at radius 1 is 1.04 bits per heavy atom. The van der Waals surface area contributed by atoms with Crippen molar-refractivity contribution in [3.63, 3.8) is 0 Å². The fraction of sp³-hybridized carbons (Fsp3) is 0.316. The van der Waals surface area contributed by atoms with Gasteiger partial charge >= 0.3 is 0 Å². The Kier molecular flexibility index (Phi) is 7.13. The number of halogens is 2. The fourth-order valence-corrected chi connectivity index (χ4v) is 4.37. The summed E-state index contributed by atoms with van der Waals surface area (Å²) in [7, 11) is 4.15. The van der Waals surface area contributed by atoms with E-state index in [4.69, 9.17) is 23.2 Å². The molecule has 0 unspecified atom stereocenters. The van der Waals surface area contributed by atoms with E-state index in [9.17, 15) is 0 Å². The molecule has 0 radical (unpaired) electrons. The second-order valence-electron chi connectivity index (χ2n) is 6.34. The molecule has 0 fully saturated rings. The molecule has 3 aromatic rings. The second kappa shape index (κ2) is 9.55. The summed E-state index contributed by atoms with van der Waals surface area (Å²) in [4.78, 5) is 6.26. The van der Waals surface area contributed by atoms with E-state index in [0.717, 1.165) is 41.6 Å². The van der Waals surface area contributed by atoms with E-state index in [2.05, 4.69) is 38.7 Å². The van der Waals surface area contributed by atoms with Gasteiger partial charge in [-0.2, -0.15) is 0 Å². The molecule has 5 nitrogen and oxygen atoms in total. The largest absolute Gasteiger partial charge is 0.309 e. The molecule has 0 spiro atoms. The van der Waals surface area contributed by atoms with E-state index in [1.54, 1.807) is 24.2 Å². The number of hydrogen-bond acceptors (Lipinski definition) is 5. The molecule has 0 saturated heterocycles. The van der Waals surface area contributed by atoms with Gasteiger partial charge in [-0.1, -0.05) is 41.0 Å². The van der Waals surface area contributed by atoms with Crippen molar-refractivity contribution in [2.24, 2.45) is 0 Å². The highest BCUT2D eigenvalue weighted by molar-refractivity contribution is 7.98. The minimum atomic E-state index is 0.640. The van der Waals surface area contributed by atoms with Crippen LogP contribution in [0.15, 0.2) is 47.9 Å². The molecule has 27 heavy (non-hydrogen) atoms. The van der Waals surface area contributed by atoms with Gasteiger partial charge in [0.15, 0.2) is 11.0 Å². The molecule has 0 aliphatic carbocycles. The highest BCUT2D eigenvalue weighted by Crippen LogP contribution is 2.32. The van der Waals surface area contributed by atoms with Crippen molar-refractivity contribution in [1.29, 1.82) is 0 Å². The molecule has 2 aromatic heterocycles. The fourth-order valence-electron chi connectivity index (χ4n) is 2.66. The Hall–Kier alpha value is -1.60. The number of pyridine rings is 1. The maximum Gasteiger partial charge on any atom is 0.191 e. The molecule has 142 valence electrons. The molecular weight excluding hydrogens is 401 g/mol. The lowest BCUT2D eigenvalue weighted by molar-refractivity contribution is 0.383. The van der Waals surface area contributed by atoms with Gasteiger partial charge in [0.2, 0.25) is 0 Å². The van der Waals surface area contributed by atoms with E-state index in [-0.39, 0.29) is 0 Å². The Labute approximate surface area is 173 Å². The van der Waals surface area contributed by atoms with Crippen molar-refractivity contribution in [3.05, 3.63) is 58.3 Å². The molecular formula is C19H21Cl2N5S. The molecule has 8 heteroatoms. The SMILES string of the molecule is CN(C)CCCn1c(SCc2c(Cl)cccc2Cl)nnc1-c1ccncc1. The van der Waals surface area contributed by atoms with Crippen LogP contribution >= 0.6 is 35.0 Å². The van der Waals surface area contributed by atoms with Crippen LogP contribution in [0.5, 0.6) is 0 Å². The van der Waals surface area contributed by atoms with E-state index in [1.165, 1.54) is 0 Å². The van der Waals surface area contributed by atoms with Crippen molar-refractivity contribution in [2.75, 3.05) is 20.6 Å². The van der Waals surface area contributed by atoms with Crippen molar-refractivity contribution in [1.82, 2.24) is 24.6 Å². The lowest BCUT2D eigenvalue weighted by Crippen LogP contribution is -2.15. The van der Waals surface area contributed by atoms with Crippen molar-refractivity contribution >= 4 is 35.0 Å². The minimum Gasteiger partial charge on any atom is -0.309 e. The molecule has 0 saturated carbocycles. The van der Waals surface area contributed by atoms with Gasteiger partial charge in [0.05, 0.1) is 0 Å². The van der Waals surface area contributed by atoms with Gasteiger partial charge in [-0.05, 0) is 56.9 Å². The molecule has 0 N–H and O–H groups in total. The van der Waals surface area contributed by atoms with Gasteiger partial charge in [0, 0.05) is 40.3 Å². The topological polar surface area (TPSA) is 46.8 Å². The van der Waals surface area contributed by atoms with Gasteiger partial charge in [0.1, 0.15) is 0 Å². The Morgan fingerprint density at radius 2 is 1.74 bits per heavy atom. The third-order valence-electron chi connectivity index (χ3n) is 4.05. The van der Waals surface area contributed by atoms with Crippen molar-refractivity contribution in [2.45, 2.75) is 23.9 Å². The number of aromatic nitrogens is 4. The number of benzene rings is 1. The van der Waals surface area contributed by atoms with E-state index in [0.29, 0.717) is 15.8 Å². The first kappa shape index (κ1) is 20.1. The van der Waals surface area contributed by atoms with Crippen LogP contribution in [0.2, 0.25) is 10.0 Å². The maximum atomic E-state index is 6.30. The van der Waals surface area contributed by atoms with Crippen molar-refractivity contribution < 1.29 is 0 Å². The normalized spacial score (nSPS) is 11.3. The summed E-state index contributed by atoms with van der Waals surface area (Å²) in [6, 6.07) is 9.46. The lowest BCUT2D eigenvalue weighted by atomic mass is 10.2. The lowest BCUT2D eigenvalue weighted by Gasteiger charge is -2.13. The first-order chi connectivity index (χ1) is 13.1. The third kappa shape index (κ3) is 5.23. The number of thioether (sulfide) groups is 1. The molecule has 0 aliphatic heterocycles. The van der Waals surface area contributed by atoms with Crippen molar-refractivity contribution in [3.8, 4) is 11.4 Å². The molecule has 0 amide bonds. The predicted octanol–water partition coefficient (Wildman–Crippen LogP) is 4.89. The van der Waals surface area contributed by atoms with Crippen LogP contribution in [0.4, 0.5) is 0 Å². The van der Waals surface area contributed by atoms with E-state index >= 15 is 0 Å². The Morgan fingerprint density at radius 3 is 2.41 bits per heavy atom. The zero-order valence-corrected chi connectivity index (χ0v) is 17.6. The van der Waals surface area contributed by atoms with Gasteiger partial charge < -0.3 is 9.47 Å². The average Bonchev–Trinajstić information content (AvgIpc) is 3.05. The van der Waals surface area contributed by atoms with Crippen LogP contribution in [0.1, 0.15) is 12.0 Å². The quantitative estimate of drug-likeness (QED) is 0.484. The number of nitrogens with zero attached hydrogens (tertiary/aromatic N) is 5. The average molecular weight is 422 g/mol. The Bertz CT molecular complexity index is 863. The third-order valence-corrected chi connectivity index (χ3v) is 5.75. The summed E-state index contributed by atoms with van der Waals surface area (Å²) in [5.74, 6) is 1.49. The molecule has 0 aliphatic rings. The number of rotatable bonds is 8. The summed E-state index contributed by atoms with van der Waals surface area (Å²) in [6.45, 7) is 1.83. The summed E-state index contributed by atoms with van der Waals surface area (Å²) >= 11 is 14.2. The molecule has 2 heterocycles. The number of hydrogen-bond donors (Lipinski definition) is 0. The van der Waals surface area contributed by atoms with Crippen LogP contribution in [0.3, 0.4) is 0 Å². The zero-order valence-electron chi connectivity index (χ0n) is 15.3. The minimum absolute atomic E-state index is 0.640.